The molecule has 0 bridgehead atoms. The Morgan fingerprint density at radius 1 is 1.13 bits per heavy atom. The Morgan fingerprint density at radius 3 is 2.42 bits per heavy atom. The van der Waals surface area contributed by atoms with Crippen molar-refractivity contribution in [2.24, 2.45) is 0 Å². The van der Waals surface area contributed by atoms with Crippen molar-refractivity contribution in [2.75, 3.05) is 19.1 Å². The topological polar surface area (TPSA) is 87.3 Å². The van der Waals surface area contributed by atoms with Crippen LogP contribution in [0.15, 0.2) is 48.5 Å². The molecule has 0 saturated heterocycles. The first-order valence-corrected chi connectivity index (χ1v) is 10.1. The van der Waals surface area contributed by atoms with E-state index in [0.29, 0.717) is 22.7 Å². The van der Waals surface area contributed by atoms with Crippen LogP contribution in [0.1, 0.15) is 64.5 Å². The molecule has 1 unspecified atom stereocenters. The normalized spacial score (nSPS) is 15.7. The van der Waals surface area contributed by atoms with E-state index in [-0.39, 0.29) is 17.2 Å². The van der Waals surface area contributed by atoms with Crippen molar-refractivity contribution < 1.29 is 14.3 Å². The third-order valence-corrected chi connectivity index (χ3v) is 5.58. The Bertz CT molecular complexity index is 1140. The second kappa shape index (κ2) is 7.58. The smallest absolute Gasteiger partial charge is 0.280 e. The van der Waals surface area contributed by atoms with Gasteiger partial charge in [-0.1, -0.05) is 39.0 Å². The number of para-hydroxylation sites is 1. The summed E-state index contributed by atoms with van der Waals surface area (Å²) < 4.78 is 5.64. The third-order valence-electron chi connectivity index (χ3n) is 5.58. The van der Waals surface area contributed by atoms with Gasteiger partial charge in [0.2, 0.25) is 0 Å². The summed E-state index contributed by atoms with van der Waals surface area (Å²) in [6.07, 6.45) is 0. The van der Waals surface area contributed by atoms with E-state index in [9.17, 15) is 9.59 Å². The first-order valence-electron chi connectivity index (χ1n) is 10.1. The number of carbonyl (C=O) groups is 2. The molecule has 2 amide bonds. The van der Waals surface area contributed by atoms with Crippen LogP contribution in [0.3, 0.4) is 0 Å². The first-order chi connectivity index (χ1) is 14.8. The van der Waals surface area contributed by atoms with Gasteiger partial charge >= 0.3 is 0 Å². The van der Waals surface area contributed by atoms with Gasteiger partial charge in [-0.2, -0.15) is 5.10 Å². The summed E-state index contributed by atoms with van der Waals surface area (Å²) in [5, 5.41) is 10.1. The third kappa shape index (κ3) is 3.36. The van der Waals surface area contributed by atoms with Crippen LogP contribution in [-0.2, 0) is 5.41 Å². The number of rotatable bonds is 4. The molecule has 1 aliphatic rings. The molecule has 7 nitrogen and oxygen atoms in total. The van der Waals surface area contributed by atoms with Crippen LogP contribution in [0, 0.1) is 0 Å². The number of ether oxygens (including phenoxy) is 1. The first kappa shape index (κ1) is 20.7. The van der Waals surface area contributed by atoms with Crippen molar-refractivity contribution in [2.45, 2.75) is 32.2 Å². The number of amides is 2. The minimum absolute atomic E-state index is 0.177. The Hall–Kier alpha value is -3.61. The van der Waals surface area contributed by atoms with Crippen LogP contribution >= 0.6 is 0 Å². The second-order valence-electron chi connectivity index (χ2n) is 8.56. The van der Waals surface area contributed by atoms with Crippen LogP contribution in [0.25, 0.3) is 0 Å². The molecule has 0 radical (unpaired) electrons. The Labute approximate surface area is 181 Å². The summed E-state index contributed by atoms with van der Waals surface area (Å²) in [7, 11) is 3.21. The predicted molar refractivity (Wildman–Crippen MR) is 119 cm³/mol. The number of nitrogens with one attached hydrogen (secondary N) is 2. The molecule has 0 aliphatic carbocycles. The minimum atomic E-state index is -0.405. The maximum absolute atomic E-state index is 13.5. The predicted octanol–water partition coefficient (Wildman–Crippen LogP) is 3.83. The minimum Gasteiger partial charge on any atom is -0.496 e. The lowest BCUT2D eigenvalue weighted by molar-refractivity contribution is 0.0961. The van der Waals surface area contributed by atoms with E-state index in [0.717, 1.165) is 16.8 Å². The van der Waals surface area contributed by atoms with Gasteiger partial charge in [0.1, 0.15) is 5.75 Å². The zero-order valence-corrected chi connectivity index (χ0v) is 18.3. The average Bonchev–Trinajstić information content (AvgIpc) is 3.32. The Balaban J connectivity index is 1.91. The molecule has 4 rings (SSSR count). The molecule has 2 heterocycles. The highest BCUT2D eigenvalue weighted by Gasteiger charge is 2.45. The second-order valence-corrected chi connectivity index (χ2v) is 8.56. The summed E-state index contributed by atoms with van der Waals surface area (Å²) in [5.74, 6) is 0.329. The molecule has 1 atom stereocenters. The van der Waals surface area contributed by atoms with Gasteiger partial charge in [0.15, 0.2) is 5.69 Å². The number of carbonyl (C=O) groups excluding carboxylic acids is 2. The number of fused-ring (bicyclic) bond motifs is 1. The zero-order valence-electron chi connectivity index (χ0n) is 18.3. The number of nitrogens with zero attached hydrogens (tertiary/aromatic N) is 2. The highest BCUT2D eigenvalue weighted by Crippen LogP contribution is 2.47. The molecule has 0 fully saturated rings. The largest absolute Gasteiger partial charge is 0.496 e. The Morgan fingerprint density at radius 2 is 1.81 bits per heavy atom. The monoisotopic (exact) mass is 418 g/mol. The van der Waals surface area contributed by atoms with E-state index in [1.165, 1.54) is 0 Å². The van der Waals surface area contributed by atoms with Crippen LogP contribution in [-0.4, -0.2) is 36.2 Å². The molecule has 0 saturated carbocycles. The van der Waals surface area contributed by atoms with E-state index in [1.807, 2.05) is 24.3 Å². The van der Waals surface area contributed by atoms with Crippen LogP contribution in [0.5, 0.6) is 5.75 Å². The van der Waals surface area contributed by atoms with Crippen molar-refractivity contribution in [3.05, 3.63) is 76.6 Å². The number of aromatic nitrogens is 2. The van der Waals surface area contributed by atoms with Gasteiger partial charge in [-0.3, -0.25) is 19.6 Å². The zero-order chi connectivity index (χ0) is 22.3. The highest BCUT2D eigenvalue weighted by atomic mass is 16.5. The molecule has 7 heteroatoms. The van der Waals surface area contributed by atoms with E-state index in [4.69, 9.17) is 4.74 Å². The molecule has 1 aromatic heterocycles. The summed E-state index contributed by atoms with van der Waals surface area (Å²) in [5.41, 5.74) is 4.04. The maximum atomic E-state index is 13.5. The number of hydrogen-bond donors (Lipinski definition) is 2. The lowest BCUT2D eigenvalue weighted by Gasteiger charge is -2.29. The number of methoxy groups -OCH3 is 1. The summed E-state index contributed by atoms with van der Waals surface area (Å²) >= 11 is 0. The fourth-order valence-electron chi connectivity index (χ4n) is 4.08. The van der Waals surface area contributed by atoms with Gasteiger partial charge in [0, 0.05) is 40.5 Å². The number of aromatic amines is 1. The van der Waals surface area contributed by atoms with E-state index in [2.05, 4.69) is 36.3 Å². The summed E-state index contributed by atoms with van der Waals surface area (Å²) in [4.78, 5) is 27.2. The van der Waals surface area contributed by atoms with Gasteiger partial charge in [0.05, 0.1) is 13.2 Å². The molecule has 0 spiro atoms. The van der Waals surface area contributed by atoms with Gasteiger partial charge < -0.3 is 10.1 Å². The van der Waals surface area contributed by atoms with Gasteiger partial charge in [-0.05, 0) is 30.3 Å². The SMILES string of the molecule is CNC(=O)c1ccc(N2C(=O)c3n[nH]c(C(C)(C)C)c3C2c2ccccc2OC)cc1. The average molecular weight is 418 g/mol. The molecule has 2 aromatic carbocycles. The highest BCUT2D eigenvalue weighted by molar-refractivity contribution is 6.11. The van der Waals surface area contributed by atoms with E-state index >= 15 is 0 Å². The fourth-order valence-corrected chi connectivity index (χ4v) is 4.08. The number of anilines is 1. The van der Waals surface area contributed by atoms with E-state index < -0.39 is 6.04 Å². The van der Waals surface area contributed by atoms with Crippen molar-refractivity contribution in [1.29, 1.82) is 0 Å². The van der Waals surface area contributed by atoms with Crippen molar-refractivity contribution in [3.63, 3.8) is 0 Å². The van der Waals surface area contributed by atoms with Gasteiger partial charge in [-0.15, -0.1) is 0 Å². The standard InChI is InChI=1S/C24H26N4O3/c1-24(2,3)21-18-19(26-27-21)23(30)28(15-12-10-14(11-13-15)22(29)25-4)20(18)16-8-6-7-9-17(16)31-5/h6-13,20H,1-5H3,(H,25,29)(H,26,27). The molecule has 2 N–H and O–H groups in total. The lowest BCUT2D eigenvalue weighted by atomic mass is 9.85. The van der Waals surface area contributed by atoms with Crippen molar-refractivity contribution in [1.82, 2.24) is 15.5 Å². The quantitative estimate of drug-likeness (QED) is 0.674. The van der Waals surface area contributed by atoms with Crippen LogP contribution in [0.4, 0.5) is 5.69 Å². The number of H-pyrrole nitrogens is 1. The van der Waals surface area contributed by atoms with Crippen LogP contribution < -0.4 is 15.0 Å². The molecule has 160 valence electrons. The number of benzene rings is 2. The lowest BCUT2D eigenvalue weighted by Crippen LogP contribution is -2.30. The molecule has 31 heavy (non-hydrogen) atoms. The Kier molecular flexibility index (Phi) is 5.05. The van der Waals surface area contributed by atoms with Gasteiger partial charge in [-0.25, -0.2) is 0 Å². The number of hydrogen-bond acceptors (Lipinski definition) is 4. The van der Waals surface area contributed by atoms with Crippen LogP contribution in [0.2, 0.25) is 0 Å². The fraction of sp³-hybridized carbons (Fsp3) is 0.292. The van der Waals surface area contributed by atoms with E-state index in [1.54, 1.807) is 43.3 Å². The maximum Gasteiger partial charge on any atom is 0.280 e. The van der Waals surface area contributed by atoms with Gasteiger partial charge in [0.25, 0.3) is 11.8 Å². The van der Waals surface area contributed by atoms with Crippen molar-refractivity contribution in [3.8, 4) is 5.75 Å². The summed E-state index contributed by atoms with van der Waals surface area (Å²) in [6.45, 7) is 6.27. The summed E-state index contributed by atoms with van der Waals surface area (Å²) in [6, 6.07) is 14.3. The molecular weight excluding hydrogens is 392 g/mol. The molecule has 1 aliphatic heterocycles. The molecular formula is C24H26N4O3. The molecule has 3 aromatic rings. The van der Waals surface area contributed by atoms with Crippen molar-refractivity contribution >= 4 is 17.5 Å².